The highest BCUT2D eigenvalue weighted by atomic mass is 16.2. The highest BCUT2D eigenvalue weighted by molar-refractivity contribution is 5.75. The van der Waals surface area contributed by atoms with Crippen molar-refractivity contribution in [1.82, 2.24) is 10.2 Å². The van der Waals surface area contributed by atoms with Crippen LogP contribution in [-0.2, 0) is 4.79 Å². The van der Waals surface area contributed by atoms with Crippen LogP contribution in [0.1, 0.15) is 73.1 Å². The summed E-state index contributed by atoms with van der Waals surface area (Å²) in [6.45, 7) is 14.3. The molecule has 0 aromatic heterocycles. The summed E-state index contributed by atoms with van der Waals surface area (Å²) in [5.74, 6) is 0.298. The van der Waals surface area contributed by atoms with Crippen LogP contribution in [0.4, 0.5) is 0 Å². The molecule has 3 nitrogen and oxygen atoms in total. The van der Waals surface area contributed by atoms with Gasteiger partial charge in [-0.15, -0.1) is 0 Å². The van der Waals surface area contributed by atoms with Crippen molar-refractivity contribution in [2.24, 2.45) is 0 Å². The molecule has 1 N–H and O–H groups in total. The first-order valence-electron chi connectivity index (χ1n) is 8.24. The van der Waals surface area contributed by atoms with Gasteiger partial charge < -0.3 is 10.2 Å². The average Bonchev–Trinajstić information content (AvgIpc) is 2.47. The Hall–Kier alpha value is -0.570. The zero-order valence-corrected chi connectivity index (χ0v) is 13.9. The smallest absolute Gasteiger partial charge is 0.222 e. The van der Waals surface area contributed by atoms with E-state index in [1.165, 1.54) is 12.8 Å². The van der Waals surface area contributed by atoms with E-state index in [0.717, 1.165) is 45.4 Å². The Morgan fingerprint density at radius 1 is 0.895 bits per heavy atom. The second-order valence-electron chi connectivity index (χ2n) is 4.55. The minimum absolute atomic E-state index is 0.298. The number of unbranched alkanes of at least 4 members (excludes halogenated alkanes) is 2. The molecule has 3 heteroatoms. The third kappa shape index (κ3) is 13.7. The normalized spacial score (nSPS) is 9.74. The van der Waals surface area contributed by atoms with E-state index in [0.29, 0.717) is 12.3 Å². The molecule has 0 radical (unpaired) electrons. The van der Waals surface area contributed by atoms with Crippen molar-refractivity contribution in [2.45, 2.75) is 73.1 Å². The maximum Gasteiger partial charge on any atom is 0.222 e. The molecule has 0 bridgehead atoms. The lowest BCUT2D eigenvalue weighted by Crippen LogP contribution is -2.33. The van der Waals surface area contributed by atoms with Gasteiger partial charge in [-0.05, 0) is 32.4 Å². The molecule has 0 aliphatic rings. The molecule has 0 aliphatic carbocycles. The third-order valence-electron chi connectivity index (χ3n) is 2.93. The topological polar surface area (TPSA) is 32.3 Å². The Kier molecular flexibility index (Phi) is 19.0. The Balaban J connectivity index is 0. The standard InChI is InChI=1S/C14H30N2O.C2H6/c1-4-7-10-15-11-9-13-16(12-8-5-2)14(17)6-3;1-2/h15H,4-13H2,1-3H3;1-2H3. The lowest BCUT2D eigenvalue weighted by molar-refractivity contribution is -0.131. The lowest BCUT2D eigenvalue weighted by atomic mass is 10.2. The van der Waals surface area contributed by atoms with Crippen molar-refractivity contribution >= 4 is 5.91 Å². The quantitative estimate of drug-likeness (QED) is 0.580. The van der Waals surface area contributed by atoms with Gasteiger partial charge in [-0.3, -0.25) is 4.79 Å². The summed E-state index contributed by atoms with van der Waals surface area (Å²) in [5.41, 5.74) is 0. The predicted molar refractivity (Wildman–Crippen MR) is 85.5 cm³/mol. The average molecular weight is 272 g/mol. The Morgan fingerprint density at radius 2 is 1.42 bits per heavy atom. The van der Waals surface area contributed by atoms with E-state index in [4.69, 9.17) is 0 Å². The number of nitrogens with one attached hydrogen (secondary N) is 1. The van der Waals surface area contributed by atoms with Crippen LogP contribution < -0.4 is 5.32 Å². The molecular weight excluding hydrogens is 236 g/mol. The van der Waals surface area contributed by atoms with Gasteiger partial charge in [0.1, 0.15) is 0 Å². The Bertz CT molecular complexity index is 184. The van der Waals surface area contributed by atoms with Crippen LogP contribution in [-0.4, -0.2) is 37.0 Å². The van der Waals surface area contributed by atoms with Crippen LogP contribution >= 0.6 is 0 Å². The number of amides is 1. The van der Waals surface area contributed by atoms with Crippen molar-refractivity contribution < 1.29 is 4.79 Å². The molecule has 0 saturated carbocycles. The van der Waals surface area contributed by atoms with Gasteiger partial charge in [0.05, 0.1) is 0 Å². The van der Waals surface area contributed by atoms with E-state index in [9.17, 15) is 4.79 Å². The number of carbonyl (C=O) groups excluding carboxylic acids is 1. The van der Waals surface area contributed by atoms with Crippen LogP contribution in [0.3, 0.4) is 0 Å². The highest BCUT2D eigenvalue weighted by Crippen LogP contribution is 2.00. The van der Waals surface area contributed by atoms with Gasteiger partial charge in [0.25, 0.3) is 0 Å². The van der Waals surface area contributed by atoms with Gasteiger partial charge in [0, 0.05) is 19.5 Å². The molecule has 0 rings (SSSR count). The second kappa shape index (κ2) is 17.4. The maximum absolute atomic E-state index is 11.7. The van der Waals surface area contributed by atoms with Crippen molar-refractivity contribution in [3.8, 4) is 0 Å². The van der Waals surface area contributed by atoms with E-state index < -0.39 is 0 Å². The van der Waals surface area contributed by atoms with Crippen molar-refractivity contribution in [3.63, 3.8) is 0 Å². The van der Waals surface area contributed by atoms with Gasteiger partial charge in [-0.1, -0.05) is 47.5 Å². The van der Waals surface area contributed by atoms with Crippen LogP contribution in [0.5, 0.6) is 0 Å². The third-order valence-corrected chi connectivity index (χ3v) is 2.93. The number of hydrogen-bond donors (Lipinski definition) is 1. The van der Waals surface area contributed by atoms with Crippen LogP contribution in [0.25, 0.3) is 0 Å². The number of nitrogens with zero attached hydrogens (tertiary/aromatic N) is 1. The first-order chi connectivity index (χ1) is 9.26. The first kappa shape index (κ1) is 20.7. The van der Waals surface area contributed by atoms with Crippen molar-refractivity contribution in [1.29, 1.82) is 0 Å². The summed E-state index contributed by atoms with van der Waals surface area (Å²) in [6.07, 6.45) is 6.46. The van der Waals surface area contributed by atoms with E-state index in [1.807, 2.05) is 25.7 Å². The van der Waals surface area contributed by atoms with E-state index in [-0.39, 0.29) is 0 Å². The van der Waals surface area contributed by atoms with Crippen LogP contribution in [0.15, 0.2) is 0 Å². The monoisotopic (exact) mass is 272 g/mol. The predicted octanol–water partition coefficient (Wildman–Crippen LogP) is 3.83. The van der Waals surface area contributed by atoms with Gasteiger partial charge >= 0.3 is 0 Å². The summed E-state index contributed by atoms with van der Waals surface area (Å²) in [6, 6.07) is 0. The molecule has 0 spiro atoms. The fourth-order valence-electron chi connectivity index (χ4n) is 1.76. The SMILES string of the molecule is CC.CCCCNCCCN(CCCC)C(=O)CC. The first-order valence-corrected chi connectivity index (χ1v) is 8.24. The summed E-state index contributed by atoms with van der Waals surface area (Å²) in [5, 5.41) is 3.42. The van der Waals surface area contributed by atoms with E-state index >= 15 is 0 Å². The maximum atomic E-state index is 11.7. The zero-order chi connectivity index (χ0) is 14.9. The minimum atomic E-state index is 0.298. The molecule has 0 saturated heterocycles. The summed E-state index contributed by atoms with van der Waals surface area (Å²) in [4.78, 5) is 13.7. The summed E-state index contributed by atoms with van der Waals surface area (Å²) in [7, 11) is 0. The van der Waals surface area contributed by atoms with Gasteiger partial charge in [-0.25, -0.2) is 0 Å². The molecule has 0 aromatic carbocycles. The van der Waals surface area contributed by atoms with E-state index in [2.05, 4.69) is 19.2 Å². The van der Waals surface area contributed by atoms with Gasteiger partial charge in [0.15, 0.2) is 0 Å². The Labute approximate surface area is 121 Å². The Morgan fingerprint density at radius 3 is 1.95 bits per heavy atom. The summed E-state index contributed by atoms with van der Waals surface area (Å²) >= 11 is 0. The molecule has 116 valence electrons. The molecule has 0 heterocycles. The summed E-state index contributed by atoms with van der Waals surface area (Å²) < 4.78 is 0. The van der Waals surface area contributed by atoms with Gasteiger partial charge in [0.2, 0.25) is 5.91 Å². The minimum Gasteiger partial charge on any atom is -0.343 e. The number of carbonyl (C=O) groups is 1. The molecule has 0 fully saturated rings. The fourth-order valence-corrected chi connectivity index (χ4v) is 1.76. The van der Waals surface area contributed by atoms with E-state index in [1.54, 1.807) is 0 Å². The molecular formula is C16H36N2O. The highest BCUT2D eigenvalue weighted by Gasteiger charge is 2.09. The van der Waals surface area contributed by atoms with Crippen LogP contribution in [0, 0.1) is 0 Å². The molecule has 1 amide bonds. The molecule has 0 aliphatic heterocycles. The largest absolute Gasteiger partial charge is 0.343 e. The van der Waals surface area contributed by atoms with Crippen LogP contribution in [0.2, 0.25) is 0 Å². The molecule has 19 heavy (non-hydrogen) atoms. The van der Waals surface area contributed by atoms with Gasteiger partial charge in [-0.2, -0.15) is 0 Å². The lowest BCUT2D eigenvalue weighted by Gasteiger charge is -2.22. The molecule has 0 aromatic rings. The van der Waals surface area contributed by atoms with Crippen molar-refractivity contribution in [3.05, 3.63) is 0 Å². The molecule has 0 unspecified atom stereocenters. The molecule has 0 atom stereocenters. The fraction of sp³-hybridized carbons (Fsp3) is 0.938. The van der Waals surface area contributed by atoms with Crippen molar-refractivity contribution in [2.75, 3.05) is 26.2 Å². The zero-order valence-electron chi connectivity index (χ0n) is 13.9. The number of hydrogen-bond acceptors (Lipinski definition) is 2. The second-order valence-corrected chi connectivity index (χ2v) is 4.55. The number of rotatable bonds is 11.